The number of nitrogens with one attached hydrogen (secondary N) is 2. The Morgan fingerprint density at radius 2 is 1.70 bits per heavy atom. The van der Waals surface area contributed by atoms with Crippen molar-refractivity contribution in [3.8, 4) is 0 Å². The highest BCUT2D eigenvalue weighted by atomic mass is 32.2. The molecule has 202 valence electrons. The van der Waals surface area contributed by atoms with Gasteiger partial charge in [0.05, 0.1) is 23.7 Å². The SMILES string of the molecule is CCN1CCc2c(sc(NC(=O)c3ccc(S(=O)(=O)N(CC)CC)cc3)c2C(=O)NN2CCOCC2)C1. The van der Waals surface area contributed by atoms with Crippen LogP contribution in [0.15, 0.2) is 29.2 Å². The van der Waals surface area contributed by atoms with Crippen molar-refractivity contribution in [3.05, 3.63) is 45.8 Å². The van der Waals surface area contributed by atoms with Crippen molar-refractivity contribution in [1.29, 1.82) is 0 Å². The van der Waals surface area contributed by atoms with Crippen LogP contribution in [0.1, 0.15) is 51.9 Å². The summed E-state index contributed by atoms with van der Waals surface area (Å²) in [7, 11) is -3.61. The largest absolute Gasteiger partial charge is 0.379 e. The minimum Gasteiger partial charge on any atom is -0.379 e. The first kappa shape index (κ1) is 27.7. The fraction of sp³-hybridized carbons (Fsp3) is 0.520. The van der Waals surface area contributed by atoms with Crippen LogP contribution in [0.4, 0.5) is 5.00 Å². The number of likely N-dealkylation sites (N-methyl/N-ethyl adjacent to an activating group) is 1. The minimum absolute atomic E-state index is 0.143. The van der Waals surface area contributed by atoms with E-state index in [1.165, 1.54) is 39.9 Å². The van der Waals surface area contributed by atoms with Crippen molar-refractivity contribution < 1.29 is 22.7 Å². The number of hydrogen-bond acceptors (Lipinski definition) is 8. The van der Waals surface area contributed by atoms with Crippen molar-refractivity contribution in [2.75, 3.05) is 57.8 Å². The van der Waals surface area contributed by atoms with Crippen LogP contribution in [0.2, 0.25) is 0 Å². The lowest BCUT2D eigenvalue weighted by Gasteiger charge is -2.28. The second-order valence-corrected chi connectivity index (χ2v) is 12.0. The number of carbonyl (C=O) groups excluding carboxylic acids is 2. The molecule has 1 fully saturated rings. The summed E-state index contributed by atoms with van der Waals surface area (Å²) in [6.45, 7) is 11.2. The molecule has 10 nitrogen and oxygen atoms in total. The molecule has 0 saturated carbocycles. The minimum atomic E-state index is -3.61. The summed E-state index contributed by atoms with van der Waals surface area (Å²) in [4.78, 5) is 30.1. The second-order valence-electron chi connectivity index (χ2n) is 8.93. The maximum Gasteiger partial charge on any atom is 0.268 e. The summed E-state index contributed by atoms with van der Waals surface area (Å²) in [6, 6.07) is 5.91. The van der Waals surface area contributed by atoms with Crippen LogP contribution < -0.4 is 10.7 Å². The summed E-state index contributed by atoms with van der Waals surface area (Å²) in [6.07, 6.45) is 0.735. The first-order valence-corrected chi connectivity index (χ1v) is 15.0. The number of benzene rings is 1. The first-order chi connectivity index (χ1) is 17.8. The molecule has 3 heterocycles. The van der Waals surface area contributed by atoms with Gasteiger partial charge in [0, 0.05) is 49.7 Å². The van der Waals surface area contributed by atoms with Crippen molar-refractivity contribution >= 4 is 38.2 Å². The van der Waals surface area contributed by atoms with E-state index < -0.39 is 15.9 Å². The highest BCUT2D eigenvalue weighted by molar-refractivity contribution is 7.89. The van der Waals surface area contributed by atoms with Gasteiger partial charge in [0.25, 0.3) is 11.8 Å². The molecule has 0 radical (unpaired) electrons. The lowest BCUT2D eigenvalue weighted by atomic mass is 10.0. The van der Waals surface area contributed by atoms with Crippen molar-refractivity contribution in [1.82, 2.24) is 19.6 Å². The van der Waals surface area contributed by atoms with Crippen LogP contribution in [-0.4, -0.2) is 86.9 Å². The number of hydrazine groups is 1. The Hall–Kier alpha value is -2.35. The maximum absolute atomic E-state index is 13.4. The fourth-order valence-corrected chi connectivity index (χ4v) is 7.34. The summed E-state index contributed by atoms with van der Waals surface area (Å²) in [5.41, 5.74) is 4.79. The van der Waals surface area contributed by atoms with E-state index in [4.69, 9.17) is 4.74 Å². The number of thiophene rings is 1. The van der Waals surface area contributed by atoms with Crippen LogP contribution in [0.25, 0.3) is 0 Å². The molecule has 12 heteroatoms. The zero-order chi connectivity index (χ0) is 26.6. The first-order valence-electron chi connectivity index (χ1n) is 12.7. The number of carbonyl (C=O) groups is 2. The smallest absolute Gasteiger partial charge is 0.268 e. The number of amides is 2. The van der Waals surface area contributed by atoms with Gasteiger partial charge in [0.1, 0.15) is 5.00 Å². The standard InChI is InChI=1S/C25H35N5O5S2/c1-4-28-12-11-20-21(17-28)36-25(22(20)24(32)27-29-13-15-35-16-14-29)26-23(31)18-7-9-19(10-8-18)37(33,34)30(5-2)6-3/h7-10H,4-6,11-17H2,1-3H3,(H,26,31)(H,27,32). The van der Waals surface area contributed by atoms with Gasteiger partial charge in [0.15, 0.2) is 0 Å². The average Bonchev–Trinajstić information content (AvgIpc) is 3.26. The molecule has 2 N–H and O–H groups in total. The third-order valence-electron chi connectivity index (χ3n) is 6.77. The maximum atomic E-state index is 13.4. The van der Waals surface area contributed by atoms with E-state index in [2.05, 4.69) is 22.6 Å². The third kappa shape index (κ3) is 6.05. The molecule has 0 bridgehead atoms. The molecule has 2 amide bonds. The molecule has 2 aliphatic heterocycles. The van der Waals surface area contributed by atoms with Crippen molar-refractivity contribution in [3.63, 3.8) is 0 Å². The molecule has 0 atom stereocenters. The molecule has 2 aromatic rings. The van der Waals surface area contributed by atoms with Crippen molar-refractivity contribution in [2.24, 2.45) is 0 Å². The molecule has 4 rings (SSSR count). The zero-order valence-corrected chi connectivity index (χ0v) is 23.2. The van der Waals surface area contributed by atoms with E-state index in [1.807, 2.05) is 5.01 Å². The van der Waals surface area contributed by atoms with Crippen LogP contribution in [0, 0.1) is 0 Å². The molecule has 1 aromatic carbocycles. The van der Waals surface area contributed by atoms with Crippen LogP contribution in [-0.2, 0) is 27.7 Å². The van der Waals surface area contributed by atoms with E-state index in [9.17, 15) is 18.0 Å². The Morgan fingerprint density at radius 3 is 2.32 bits per heavy atom. The molecule has 37 heavy (non-hydrogen) atoms. The van der Waals surface area contributed by atoms with Crippen LogP contribution in [0.5, 0.6) is 0 Å². The molecule has 0 unspecified atom stereocenters. The van der Waals surface area contributed by atoms with E-state index >= 15 is 0 Å². The fourth-order valence-electron chi connectivity index (χ4n) is 4.60. The quantitative estimate of drug-likeness (QED) is 0.494. The number of sulfonamides is 1. The Kier molecular flexibility index (Phi) is 8.98. The van der Waals surface area contributed by atoms with Gasteiger partial charge < -0.3 is 10.1 Å². The number of rotatable bonds is 9. The molecule has 0 spiro atoms. The monoisotopic (exact) mass is 549 g/mol. The normalized spacial score (nSPS) is 17.0. The topological polar surface area (TPSA) is 111 Å². The van der Waals surface area contributed by atoms with Gasteiger partial charge in [-0.2, -0.15) is 4.31 Å². The summed E-state index contributed by atoms with van der Waals surface area (Å²) in [5, 5.41) is 5.29. The molecular weight excluding hydrogens is 514 g/mol. The van der Waals surface area contributed by atoms with E-state index in [1.54, 1.807) is 13.8 Å². The van der Waals surface area contributed by atoms with Gasteiger partial charge in [-0.15, -0.1) is 11.3 Å². The second kappa shape index (κ2) is 12.0. The van der Waals surface area contributed by atoms with Gasteiger partial charge in [-0.3, -0.25) is 19.9 Å². The predicted octanol–water partition coefficient (Wildman–Crippen LogP) is 2.39. The highest BCUT2D eigenvalue weighted by Gasteiger charge is 2.30. The lowest BCUT2D eigenvalue weighted by Crippen LogP contribution is -2.48. The Labute approximate surface area is 222 Å². The molecule has 1 saturated heterocycles. The molecular formula is C25H35N5O5S2. The summed E-state index contributed by atoms with van der Waals surface area (Å²) < 4.78 is 32.3. The van der Waals surface area contributed by atoms with E-state index in [0.29, 0.717) is 55.5 Å². The number of hydrogen-bond donors (Lipinski definition) is 2. The van der Waals surface area contributed by atoms with E-state index in [0.717, 1.165) is 36.5 Å². The number of anilines is 1. The van der Waals surface area contributed by atoms with Gasteiger partial charge in [-0.25, -0.2) is 13.4 Å². The van der Waals surface area contributed by atoms with Crippen LogP contribution in [0.3, 0.4) is 0 Å². The van der Waals surface area contributed by atoms with Gasteiger partial charge in [-0.05, 0) is 42.8 Å². The summed E-state index contributed by atoms with van der Waals surface area (Å²) in [5.74, 6) is -0.626. The molecule has 1 aromatic heterocycles. The van der Waals surface area contributed by atoms with Gasteiger partial charge >= 0.3 is 0 Å². The van der Waals surface area contributed by atoms with Gasteiger partial charge in [0.2, 0.25) is 10.0 Å². The van der Waals surface area contributed by atoms with E-state index in [-0.39, 0.29) is 10.8 Å². The van der Waals surface area contributed by atoms with Gasteiger partial charge in [-0.1, -0.05) is 20.8 Å². The lowest BCUT2D eigenvalue weighted by molar-refractivity contribution is 0.0126. The molecule has 0 aliphatic carbocycles. The highest BCUT2D eigenvalue weighted by Crippen LogP contribution is 2.37. The number of morpholine rings is 1. The summed E-state index contributed by atoms with van der Waals surface area (Å²) >= 11 is 1.43. The Morgan fingerprint density at radius 1 is 1.03 bits per heavy atom. The third-order valence-corrected chi connectivity index (χ3v) is 9.96. The number of nitrogens with zero attached hydrogens (tertiary/aromatic N) is 3. The van der Waals surface area contributed by atoms with Crippen molar-refractivity contribution in [2.45, 2.75) is 38.6 Å². The Bertz CT molecular complexity index is 1220. The Balaban J connectivity index is 1.57. The molecule has 2 aliphatic rings. The zero-order valence-electron chi connectivity index (χ0n) is 21.6. The predicted molar refractivity (Wildman–Crippen MR) is 143 cm³/mol. The average molecular weight is 550 g/mol. The number of ether oxygens (including phenoxy) is 1. The van der Waals surface area contributed by atoms with Crippen LogP contribution >= 0.6 is 11.3 Å². The number of fused-ring (bicyclic) bond motifs is 1.